The maximum Gasteiger partial charge on any atom is 0.341 e. The fraction of sp³-hybridized carbons (Fsp3) is 0.185. The third-order valence-corrected chi connectivity index (χ3v) is 8.00. The molecule has 4 aromatic rings. The normalized spacial score (nSPS) is 10.8. The van der Waals surface area contributed by atoms with Crippen LogP contribution in [0, 0.1) is 6.92 Å². The number of hydrogen-bond donors (Lipinski definition) is 1. The highest BCUT2D eigenvalue weighted by atomic mass is 35.5. The lowest BCUT2D eigenvalue weighted by atomic mass is 10.0. The second-order valence-corrected chi connectivity index (χ2v) is 11.1. The van der Waals surface area contributed by atoms with Crippen LogP contribution in [0.2, 0.25) is 10.0 Å². The largest absolute Gasteiger partial charge is 0.484 e. The zero-order chi connectivity index (χ0) is 27.9. The molecular weight excluding hydrogens is 579 g/mol. The molecule has 0 aliphatic carbocycles. The fourth-order valence-corrected chi connectivity index (χ4v) is 6.06. The molecule has 39 heavy (non-hydrogen) atoms. The maximum atomic E-state index is 13.0. The molecule has 1 amide bonds. The lowest BCUT2D eigenvalue weighted by molar-refractivity contribution is -0.113. The number of benzene rings is 2. The molecule has 0 unspecified atom stereocenters. The van der Waals surface area contributed by atoms with E-state index in [0.717, 1.165) is 16.0 Å². The minimum Gasteiger partial charge on any atom is -0.484 e. The minimum absolute atomic E-state index is 0.0391. The van der Waals surface area contributed by atoms with Gasteiger partial charge in [0.1, 0.15) is 22.9 Å². The first-order valence-electron chi connectivity index (χ1n) is 11.6. The van der Waals surface area contributed by atoms with Crippen LogP contribution in [0.15, 0.2) is 66.3 Å². The Morgan fingerprint density at radius 2 is 1.95 bits per heavy atom. The summed E-state index contributed by atoms with van der Waals surface area (Å²) in [4.78, 5) is 26.5. The minimum atomic E-state index is -0.516. The number of ether oxygens (including phenoxy) is 2. The highest BCUT2D eigenvalue weighted by Gasteiger charge is 2.25. The first kappa shape index (κ1) is 28.7. The van der Waals surface area contributed by atoms with E-state index in [0.29, 0.717) is 43.9 Å². The van der Waals surface area contributed by atoms with Crippen molar-refractivity contribution in [1.82, 2.24) is 14.8 Å². The van der Waals surface area contributed by atoms with E-state index in [1.54, 1.807) is 28.8 Å². The number of aromatic nitrogens is 3. The van der Waals surface area contributed by atoms with E-state index >= 15 is 0 Å². The molecule has 0 aliphatic rings. The van der Waals surface area contributed by atoms with Crippen LogP contribution in [0.4, 0.5) is 5.00 Å². The summed E-state index contributed by atoms with van der Waals surface area (Å²) in [5.74, 6) is 0.225. The number of halogens is 2. The summed E-state index contributed by atoms with van der Waals surface area (Å²) in [7, 11) is 1.32. The van der Waals surface area contributed by atoms with E-state index < -0.39 is 5.97 Å². The van der Waals surface area contributed by atoms with Crippen molar-refractivity contribution in [3.63, 3.8) is 0 Å². The SMILES string of the molecule is C=CCn1c(COc2ccc(Cl)cc2Cl)nnc1SCC(=O)Nc1sc(C)c(-c2ccccc2)c1C(=O)OC. The van der Waals surface area contributed by atoms with Crippen LogP contribution in [0.3, 0.4) is 0 Å². The predicted octanol–water partition coefficient (Wildman–Crippen LogP) is 6.90. The lowest BCUT2D eigenvalue weighted by Gasteiger charge is -2.10. The lowest BCUT2D eigenvalue weighted by Crippen LogP contribution is -2.16. The van der Waals surface area contributed by atoms with Crippen LogP contribution in [-0.2, 0) is 22.7 Å². The average Bonchev–Trinajstić information content (AvgIpc) is 3.46. The molecule has 4 rings (SSSR count). The number of rotatable bonds is 11. The van der Waals surface area contributed by atoms with Gasteiger partial charge in [0.05, 0.1) is 17.9 Å². The van der Waals surface area contributed by atoms with E-state index in [1.165, 1.54) is 30.2 Å². The summed E-state index contributed by atoms with van der Waals surface area (Å²) in [6, 6.07) is 14.5. The molecular formula is C27H24Cl2N4O4S2. The number of allylic oxidation sites excluding steroid dienone is 1. The number of amides is 1. The van der Waals surface area contributed by atoms with Gasteiger partial charge in [0.15, 0.2) is 11.0 Å². The second-order valence-electron chi connectivity index (χ2n) is 8.09. The van der Waals surface area contributed by atoms with Gasteiger partial charge >= 0.3 is 5.97 Å². The maximum absolute atomic E-state index is 13.0. The zero-order valence-electron chi connectivity index (χ0n) is 21.1. The van der Waals surface area contributed by atoms with Gasteiger partial charge in [-0.1, -0.05) is 71.4 Å². The summed E-state index contributed by atoms with van der Waals surface area (Å²) in [6.45, 7) is 6.23. The summed E-state index contributed by atoms with van der Waals surface area (Å²) < 4.78 is 12.6. The number of thioether (sulfide) groups is 1. The molecule has 12 heteroatoms. The van der Waals surface area contributed by atoms with Crippen molar-refractivity contribution in [3.8, 4) is 16.9 Å². The van der Waals surface area contributed by atoms with E-state index in [4.69, 9.17) is 32.7 Å². The van der Waals surface area contributed by atoms with Gasteiger partial charge in [0.25, 0.3) is 0 Å². The van der Waals surface area contributed by atoms with Crippen molar-refractivity contribution in [2.75, 3.05) is 18.2 Å². The molecule has 1 N–H and O–H groups in total. The Morgan fingerprint density at radius 3 is 2.64 bits per heavy atom. The number of hydrogen-bond acceptors (Lipinski definition) is 8. The molecule has 0 spiro atoms. The van der Waals surface area contributed by atoms with Gasteiger partial charge in [-0.05, 0) is 30.7 Å². The smallest absolute Gasteiger partial charge is 0.341 e. The van der Waals surface area contributed by atoms with Crippen molar-refractivity contribution in [2.24, 2.45) is 0 Å². The molecule has 2 heterocycles. The summed E-state index contributed by atoms with van der Waals surface area (Å²) in [6.07, 6.45) is 1.70. The van der Waals surface area contributed by atoms with Crippen molar-refractivity contribution in [3.05, 3.63) is 87.5 Å². The monoisotopic (exact) mass is 602 g/mol. The zero-order valence-corrected chi connectivity index (χ0v) is 24.2. The summed E-state index contributed by atoms with van der Waals surface area (Å²) in [5, 5.41) is 13.2. The summed E-state index contributed by atoms with van der Waals surface area (Å²) in [5.41, 5.74) is 1.94. The van der Waals surface area contributed by atoms with Crippen molar-refractivity contribution in [2.45, 2.75) is 25.2 Å². The first-order chi connectivity index (χ1) is 18.8. The van der Waals surface area contributed by atoms with Gasteiger partial charge in [-0.3, -0.25) is 9.36 Å². The van der Waals surface area contributed by atoms with Crippen molar-refractivity contribution < 1.29 is 19.1 Å². The number of nitrogens with one attached hydrogen (secondary N) is 1. The molecule has 0 saturated carbocycles. The third kappa shape index (κ3) is 6.83. The standard InChI is InChI=1S/C27H24Cl2N4O4S2/c1-4-12-33-21(14-37-20-11-10-18(28)13-19(20)29)31-32-27(33)38-15-22(34)30-25-24(26(35)36-3)23(16(2)39-25)17-8-6-5-7-9-17/h4-11,13H,1,12,14-15H2,2-3H3,(H,30,34). The van der Waals surface area contributed by atoms with Gasteiger partial charge in [-0.15, -0.1) is 28.1 Å². The van der Waals surface area contributed by atoms with Gasteiger partial charge in [-0.25, -0.2) is 4.79 Å². The van der Waals surface area contributed by atoms with Crippen LogP contribution in [-0.4, -0.2) is 39.5 Å². The highest BCUT2D eigenvalue weighted by molar-refractivity contribution is 7.99. The number of anilines is 1. The number of aryl methyl sites for hydroxylation is 1. The Morgan fingerprint density at radius 1 is 1.18 bits per heavy atom. The molecule has 0 atom stereocenters. The number of thiophene rings is 1. The number of methoxy groups -OCH3 is 1. The van der Waals surface area contributed by atoms with E-state index in [2.05, 4.69) is 22.1 Å². The number of carbonyl (C=O) groups is 2. The third-order valence-electron chi connectivity index (χ3n) is 5.48. The second kappa shape index (κ2) is 13.2. The molecule has 202 valence electrons. The average molecular weight is 604 g/mol. The fourth-order valence-electron chi connectivity index (χ4n) is 3.75. The van der Waals surface area contributed by atoms with E-state index in [9.17, 15) is 9.59 Å². The van der Waals surface area contributed by atoms with E-state index in [-0.39, 0.29) is 18.3 Å². The number of carbonyl (C=O) groups excluding carboxylic acids is 2. The van der Waals surface area contributed by atoms with Crippen LogP contribution in [0.1, 0.15) is 21.1 Å². The Bertz CT molecular complexity index is 1510. The number of esters is 1. The molecule has 2 aromatic heterocycles. The van der Waals surface area contributed by atoms with Crippen LogP contribution >= 0.6 is 46.3 Å². The topological polar surface area (TPSA) is 95.3 Å². The molecule has 0 saturated heterocycles. The Hall–Kier alpha value is -3.31. The molecule has 0 bridgehead atoms. The number of nitrogens with zero attached hydrogens (tertiary/aromatic N) is 3. The highest BCUT2D eigenvalue weighted by Crippen LogP contribution is 2.40. The van der Waals surface area contributed by atoms with Crippen LogP contribution in [0.25, 0.3) is 11.1 Å². The quantitative estimate of drug-likeness (QED) is 0.113. The Kier molecular flexibility index (Phi) is 9.68. The first-order valence-corrected chi connectivity index (χ1v) is 14.2. The molecule has 8 nitrogen and oxygen atoms in total. The van der Waals surface area contributed by atoms with Gasteiger partial charge in [0, 0.05) is 22.0 Å². The van der Waals surface area contributed by atoms with Gasteiger partial charge in [-0.2, -0.15) is 0 Å². The molecule has 0 aliphatic heterocycles. The van der Waals surface area contributed by atoms with Crippen LogP contribution < -0.4 is 10.1 Å². The Labute approximate surface area is 243 Å². The molecule has 0 fully saturated rings. The Balaban J connectivity index is 1.47. The van der Waals surface area contributed by atoms with Gasteiger partial charge in [0.2, 0.25) is 5.91 Å². The van der Waals surface area contributed by atoms with Crippen molar-refractivity contribution >= 4 is 63.2 Å². The van der Waals surface area contributed by atoms with Crippen LogP contribution in [0.5, 0.6) is 5.75 Å². The van der Waals surface area contributed by atoms with Gasteiger partial charge < -0.3 is 14.8 Å². The molecule has 2 aromatic carbocycles. The van der Waals surface area contributed by atoms with E-state index in [1.807, 2.05) is 37.3 Å². The molecule has 0 radical (unpaired) electrons. The summed E-state index contributed by atoms with van der Waals surface area (Å²) >= 11 is 14.7. The van der Waals surface area contributed by atoms with Crippen molar-refractivity contribution in [1.29, 1.82) is 0 Å². The predicted molar refractivity (Wildman–Crippen MR) is 156 cm³/mol.